The summed E-state index contributed by atoms with van der Waals surface area (Å²) in [5.74, 6) is 0.273. The summed E-state index contributed by atoms with van der Waals surface area (Å²) in [5.41, 5.74) is 0.175. The monoisotopic (exact) mass is 385 g/mol. The maximum Gasteiger partial charge on any atom is 0.325 e. The van der Waals surface area contributed by atoms with Crippen LogP contribution in [-0.2, 0) is 10.3 Å². The summed E-state index contributed by atoms with van der Waals surface area (Å²) in [6.07, 6.45) is 0. The van der Waals surface area contributed by atoms with Crippen LogP contribution in [0, 0.1) is 11.3 Å². The summed E-state index contributed by atoms with van der Waals surface area (Å²) < 4.78 is 5.62. The molecule has 1 atom stereocenters. The largest absolute Gasteiger partial charge is 0.492 e. The molecule has 3 aromatic carbocycles. The van der Waals surface area contributed by atoms with Crippen molar-refractivity contribution in [3.8, 4) is 11.8 Å². The van der Waals surface area contributed by atoms with Crippen LogP contribution in [0.3, 0.4) is 0 Å². The first-order valence-electron chi connectivity index (χ1n) is 9.28. The fraction of sp³-hybridized carbons (Fsp3) is 0.174. The van der Waals surface area contributed by atoms with E-state index in [9.17, 15) is 9.59 Å². The number of rotatable bonds is 5. The van der Waals surface area contributed by atoms with Gasteiger partial charge in [-0.1, -0.05) is 42.5 Å². The topological polar surface area (TPSA) is 82.4 Å². The van der Waals surface area contributed by atoms with E-state index in [1.807, 2.05) is 48.5 Å². The number of amides is 3. The minimum Gasteiger partial charge on any atom is -0.492 e. The second-order valence-corrected chi connectivity index (χ2v) is 7.02. The number of ether oxygens (including phenoxy) is 1. The summed E-state index contributed by atoms with van der Waals surface area (Å²) in [7, 11) is 0. The average Bonchev–Trinajstić information content (AvgIpc) is 2.97. The molecule has 144 valence electrons. The minimum absolute atomic E-state index is 0.130. The van der Waals surface area contributed by atoms with Gasteiger partial charge in [-0.3, -0.25) is 9.69 Å². The lowest BCUT2D eigenvalue weighted by atomic mass is 9.88. The van der Waals surface area contributed by atoms with Gasteiger partial charge in [0.1, 0.15) is 17.9 Å². The number of benzene rings is 3. The molecule has 0 bridgehead atoms. The van der Waals surface area contributed by atoms with E-state index in [0.717, 1.165) is 16.3 Å². The standard InChI is InChI=1S/C23H19N3O3/c1-23(20-8-4-6-17-5-2-3-7-19(17)20)21(27)26(22(28)25-23)13-14-29-18-11-9-16(15-24)10-12-18/h2-12H,13-14H2,1H3,(H,25,28). The van der Waals surface area contributed by atoms with Crippen molar-refractivity contribution in [2.24, 2.45) is 0 Å². The van der Waals surface area contributed by atoms with Gasteiger partial charge in [0, 0.05) is 0 Å². The van der Waals surface area contributed by atoms with Crippen molar-refractivity contribution in [1.29, 1.82) is 5.26 Å². The molecule has 1 aliphatic rings. The van der Waals surface area contributed by atoms with Crippen LogP contribution in [0.4, 0.5) is 4.79 Å². The van der Waals surface area contributed by atoms with Crippen molar-refractivity contribution in [1.82, 2.24) is 10.2 Å². The predicted molar refractivity (Wildman–Crippen MR) is 108 cm³/mol. The van der Waals surface area contributed by atoms with Gasteiger partial charge >= 0.3 is 6.03 Å². The van der Waals surface area contributed by atoms with Crippen LogP contribution >= 0.6 is 0 Å². The van der Waals surface area contributed by atoms with Crippen LogP contribution in [-0.4, -0.2) is 30.0 Å². The molecular weight excluding hydrogens is 366 g/mol. The molecule has 6 nitrogen and oxygen atoms in total. The van der Waals surface area contributed by atoms with Gasteiger partial charge in [-0.25, -0.2) is 4.79 Å². The molecule has 6 heteroatoms. The zero-order chi connectivity index (χ0) is 20.4. The Hall–Kier alpha value is -3.85. The molecule has 1 saturated heterocycles. The summed E-state index contributed by atoms with van der Waals surface area (Å²) in [6.45, 7) is 2.03. The maximum absolute atomic E-state index is 13.2. The first-order valence-corrected chi connectivity index (χ1v) is 9.28. The van der Waals surface area contributed by atoms with E-state index in [1.54, 1.807) is 31.2 Å². The molecule has 3 aromatic rings. The number of imide groups is 1. The van der Waals surface area contributed by atoms with E-state index in [1.165, 1.54) is 4.90 Å². The Balaban J connectivity index is 1.51. The Kier molecular flexibility index (Phi) is 4.65. The van der Waals surface area contributed by atoms with Crippen molar-refractivity contribution >= 4 is 22.7 Å². The zero-order valence-corrected chi connectivity index (χ0v) is 15.9. The number of hydrogen-bond acceptors (Lipinski definition) is 4. The summed E-state index contributed by atoms with van der Waals surface area (Å²) in [4.78, 5) is 26.9. The highest BCUT2D eigenvalue weighted by Crippen LogP contribution is 2.33. The number of nitriles is 1. The lowest BCUT2D eigenvalue weighted by molar-refractivity contribution is -0.131. The van der Waals surface area contributed by atoms with Crippen molar-refractivity contribution in [3.63, 3.8) is 0 Å². The van der Waals surface area contributed by atoms with Crippen molar-refractivity contribution < 1.29 is 14.3 Å². The van der Waals surface area contributed by atoms with Crippen molar-refractivity contribution in [3.05, 3.63) is 77.9 Å². The molecule has 0 aromatic heterocycles. The Morgan fingerprint density at radius 3 is 2.52 bits per heavy atom. The average molecular weight is 385 g/mol. The smallest absolute Gasteiger partial charge is 0.325 e. The number of nitrogens with one attached hydrogen (secondary N) is 1. The molecule has 1 unspecified atom stereocenters. The quantitative estimate of drug-likeness (QED) is 0.681. The summed E-state index contributed by atoms with van der Waals surface area (Å²) in [5, 5.41) is 13.6. The van der Waals surface area contributed by atoms with Crippen LogP contribution in [0.1, 0.15) is 18.1 Å². The van der Waals surface area contributed by atoms with Crippen molar-refractivity contribution in [2.45, 2.75) is 12.5 Å². The third-order valence-electron chi connectivity index (χ3n) is 5.17. The van der Waals surface area contributed by atoms with Gasteiger partial charge in [0.2, 0.25) is 0 Å². The molecule has 29 heavy (non-hydrogen) atoms. The fourth-order valence-electron chi connectivity index (χ4n) is 3.62. The molecule has 0 spiro atoms. The number of hydrogen-bond donors (Lipinski definition) is 1. The Morgan fingerprint density at radius 2 is 1.76 bits per heavy atom. The third-order valence-corrected chi connectivity index (χ3v) is 5.17. The Bertz CT molecular complexity index is 1130. The second-order valence-electron chi connectivity index (χ2n) is 7.02. The molecule has 0 saturated carbocycles. The molecule has 3 amide bonds. The van der Waals surface area contributed by atoms with E-state index in [-0.39, 0.29) is 19.1 Å². The van der Waals surface area contributed by atoms with Crippen molar-refractivity contribution in [2.75, 3.05) is 13.2 Å². The number of urea groups is 1. The van der Waals surface area contributed by atoms with Gasteiger partial charge in [0.15, 0.2) is 0 Å². The van der Waals surface area contributed by atoms with E-state index in [0.29, 0.717) is 11.3 Å². The van der Waals surface area contributed by atoms with Crippen LogP contribution < -0.4 is 10.1 Å². The summed E-state index contributed by atoms with van der Waals surface area (Å²) in [6, 6.07) is 21.8. The predicted octanol–water partition coefficient (Wildman–Crippen LogP) is 3.56. The molecule has 0 aliphatic carbocycles. The number of carbonyl (C=O) groups excluding carboxylic acids is 2. The minimum atomic E-state index is -1.13. The second kappa shape index (κ2) is 7.28. The third kappa shape index (κ3) is 3.27. The SMILES string of the molecule is CC1(c2cccc3ccccc23)NC(=O)N(CCOc2ccc(C#N)cc2)C1=O. The van der Waals surface area contributed by atoms with Gasteiger partial charge in [0.25, 0.3) is 5.91 Å². The Morgan fingerprint density at radius 1 is 1.03 bits per heavy atom. The van der Waals surface area contributed by atoms with E-state index < -0.39 is 11.6 Å². The highest BCUT2D eigenvalue weighted by Gasteiger charge is 2.49. The number of nitrogens with zero attached hydrogens (tertiary/aromatic N) is 2. The summed E-state index contributed by atoms with van der Waals surface area (Å²) >= 11 is 0. The fourth-order valence-corrected chi connectivity index (χ4v) is 3.62. The highest BCUT2D eigenvalue weighted by atomic mass is 16.5. The molecular formula is C23H19N3O3. The van der Waals surface area contributed by atoms with Crippen LogP contribution in [0.25, 0.3) is 10.8 Å². The van der Waals surface area contributed by atoms with Crippen LogP contribution in [0.15, 0.2) is 66.7 Å². The molecule has 4 rings (SSSR count). The van der Waals surface area contributed by atoms with E-state index in [2.05, 4.69) is 5.32 Å². The van der Waals surface area contributed by atoms with Crippen LogP contribution in [0.5, 0.6) is 5.75 Å². The number of fused-ring (bicyclic) bond motifs is 1. The lowest BCUT2D eigenvalue weighted by Gasteiger charge is -2.24. The first-order chi connectivity index (χ1) is 14.0. The first kappa shape index (κ1) is 18.5. The molecule has 0 radical (unpaired) electrons. The molecule has 1 heterocycles. The molecule has 1 N–H and O–H groups in total. The molecule has 1 fully saturated rings. The van der Waals surface area contributed by atoms with Gasteiger partial charge in [-0.15, -0.1) is 0 Å². The van der Waals surface area contributed by atoms with Gasteiger partial charge in [-0.2, -0.15) is 5.26 Å². The van der Waals surface area contributed by atoms with E-state index >= 15 is 0 Å². The maximum atomic E-state index is 13.2. The molecule has 1 aliphatic heterocycles. The number of carbonyl (C=O) groups is 2. The van der Waals surface area contributed by atoms with Gasteiger partial charge < -0.3 is 10.1 Å². The Labute approximate surface area is 168 Å². The van der Waals surface area contributed by atoms with Gasteiger partial charge in [-0.05, 0) is 47.5 Å². The normalized spacial score (nSPS) is 18.6. The van der Waals surface area contributed by atoms with E-state index in [4.69, 9.17) is 10.00 Å². The lowest BCUT2D eigenvalue weighted by Crippen LogP contribution is -2.41. The van der Waals surface area contributed by atoms with Gasteiger partial charge in [0.05, 0.1) is 18.2 Å². The highest BCUT2D eigenvalue weighted by molar-refractivity contribution is 6.09. The zero-order valence-electron chi connectivity index (χ0n) is 15.9. The van der Waals surface area contributed by atoms with Crippen LogP contribution in [0.2, 0.25) is 0 Å².